The first-order chi connectivity index (χ1) is 13.3. The van der Waals surface area contributed by atoms with Crippen LogP contribution in [-0.4, -0.2) is 46.4 Å². The summed E-state index contributed by atoms with van der Waals surface area (Å²) in [6.45, 7) is 0.583. The van der Waals surface area contributed by atoms with Crippen molar-refractivity contribution in [1.82, 2.24) is 10.2 Å². The molecule has 28 heavy (non-hydrogen) atoms. The number of nitrogens with one attached hydrogen (secondary N) is 1. The predicted molar refractivity (Wildman–Crippen MR) is 96.6 cm³/mol. The van der Waals surface area contributed by atoms with E-state index in [2.05, 4.69) is 5.32 Å². The highest BCUT2D eigenvalue weighted by Crippen LogP contribution is 2.33. The van der Waals surface area contributed by atoms with Crippen LogP contribution in [0.25, 0.3) is 0 Å². The first kappa shape index (κ1) is 20.2. The summed E-state index contributed by atoms with van der Waals surface area (Å²) in [6, 6.07) is 2.85. The van der Waals surface area contributed by atoms with Crippen LogP contribution in [0.1, 0.15) is 55.3 Å². The Labute approximate surface area is 161 Å². The number of carbonyl (C=O) groups excluding carboxylic acids is 2. The van der Waals surface area contributed by atoms with Crippen LogP contribution in [0.4, 0.5) is 8.78 Å². The van der Waals surface area contributed by atoms with E-state index in [1.165, 1.54) is 4.90 Å². The zero-order valence-electron chi connectivity index (χ0n) is 15.5. The van der Waals surface area contributed by atoms with Gasteiger partial charge in [0.05, 0.1) is 17.5 Å². The highest BCUT2D eigenvalue weighted by atomic mass is 19.1. The van der Waals surface area contributed by atoms with Crippen LogP contribution in [0.5, 0.6) is 0 Å². The molecule has 6 nitrogen and oxygen atoms in total. The van der Waals surface area contributed by atoms with E-state index in [1.54, 1.807) is 0 Å². The topological polar surface area (TPSA) is 86.7 Å². The molecule has 0 spiro atoms. The molecule has 8 heteroatoms. The smallest absolute Gasteiger partial charge is 0.305 e. The number of amides is 2. The standard InChI is InChI=1S/C20H24F2N2O4/c21-14-3-4-15(16(22)11-14)19(28)24-9-5-13(6-10-24)18(27)23-20(12-17(25)26)7-1-2-8-20/h3-4,11,13H,1-2,5-10,12H2,(H,23,27)(H,25,26). The zero-order valence-corrected chi connectivity index (χ0v) is 15.5. The van der Waals surface area contributed by atoms with E-state index in [1.807, 2.05) is 0 Å². The number of piperidine rings is 1. The van der Waals surface area contributed by atoms with Crippen LogP contribution in [0, 0.1) is 17.6 Å². The SMILES string of the molecule is O=C(O)CC1(NC(=O)C2CCN(C(=O)c3ccc(F)cc3F)CC2)CCCC1. The van der Waals surface area contributed by atoms with E-state index in [0.29, 0.717) is 44.8 Å². The fourth-order valence-electron chi connectivity index (χ4n) is 4.23. The summed E-state index contributed by atoms with van der Waals surface area (Å²) in [6.07, 6.45) is 3.86. The number of benzene rings is 1. The first-order valence-corrected chi connectivity index (χ1v) is 9.58. The van der Waals surface area contributed by atoms with Gasteiger partial charge in [-0.1, -0.05) is 12.8 Å². The monoisotopic (exact) mass is 394 g/mol. The molecule has 2 fully saturated rings. The number of carboxylic acid groups (broad SMARTS) is 1. The van der Waals surface area contributed by atoms with Crippen LogP contribution in [0.2, 0.25) is 0 Å². The molecule has 1 saturated heterocycles. The summed E-state index contributed by atoms with van der Waals surface area (Å²) < 4.78 is 26.9. The van der Waals surface area contributed by atoms with Gasteiger partial charge in [-0.05, 0) is 37.8 Å². The quantitative estimate of drug-likeness (QED) is 0.804. The number of rotatable bonds is 5. The molecule has 0 bridgehead atoms. The summed E-state index contributed by atoms with van der Waals surface area (Å²) in [5, 5.41) is 12.1. The van der Waals surface area contributed by atoms with Gasteiger partial charge in [-0.2, -0.15) is 0 Å². The van der Waals surface area contributed by atoms with Gasteiger partial charge in [-0.25, -0.2) is 8.78 Å². The Morgan fingerprint density at radius 2 is 1.79 bits per heavy atom. The van der Waals surface area contributed by atoms with Crippen molar-refractivity contribution in [3.8, 4) is 0 Å². The molecular formula is C20H24F2N2O4. The van der Waals surface area contributed by atoms with Gasteiger partial charge >= 0.3 is 5.97 Å². The van der Waals surface area contributed by atoms with E-state index in [4.69, 9.17) is 5.11 Å². The Bertz CT molecular complexity index is 769. The number of aliphatic carboxylic acids is 1. The van der Waals surface area contributed by atoms with E-state index in [0.717, 1.165) is 25.0 Å². The van der Waals surface area contributed by atoms with Crippen LogP contribution in [0.15, 0.2) is 18.2 Å². The minimum Gasteiger partial charge on any atom is -0.481 e. The van der Waals surface area contributed by atoms with E-state index >= 15 is 0 Å². The lowest BCUT2D eigenvalue weighted by Gasteiger charge is -2.35. The molecule has 1 aliphatic carbocycles. The Morgan fingerprint density at radius 3 is 2.36 bits per heavy atom. The van der Waals surface area contributed by atoms with Crippen molar-refractivity contribution in [3.63, 3.8) is 0 Å². The van der Waals surface area contributed by atoms with Crippen molar-refractivity contribution >= 4 is 17.8 Å². The second-order valence-electron chi connectivity index (χ2n) is 7.74. The average Bonchev–Trinajstić information content (AvgIpc) is 3.08. The van der Waals surface area contributed by atoms with Crippen LogP contribution in [-0.2, 0) is 9.59 Å². The molecule has 0 aromatic heterocycles. The molecular weight excluding hydrogens is 370 g/mol. The van der Waals surface area contributed by atoms with E-state index < -0.39 is 29.0 Å². The number of hydrogen-bond donors (Lipinski definition) is 2. The summed E-state index contributed by atoms with van der Waals surface area (Å²) in [5.74, 6) is -3.58. The van der Waals surface area contributed by atoms with Gasteiger partial charge in [0.25, 0.3) is 5.91 Å². The first-order valence-electron chi connectivity index (χ1n) is 9.58. The molecule has 1 saturated carbocycles. The van der Waals surface area contributed by atoms with Crippen LogP contribution >= 0.6 is 0 Å². The molecule has 0 unspecified atom stereocenters. The second kappa shape index (κ2) is 8.24. The van der Waals surface area contributed by atoms with E-state index in [-0.39, 0.29) is 23.8 Å². The largest absolute Gasteiger partial charge is 0.481 e. The molecule has 1 heterocycles. The summed E-state index contributed by atoms with van der Waals surface area (Å²) in [4.78, 5) is 37.8. The lowest BCUT2D eigenvalue weighted by atomic mass is 9.89. The van der Waals surface area contributed by atoms with Gasteiger partial charge in [0.2, 0.25) is 5.91 Å². The van der Waals surface area contributed by atoms with Gasteiger partial charge in [-0.15, -0.1) is 0 Å². The molecule has 152 valence electrons. The molecule has 3 rings (SSSR count). The minimum atomic E-state index is -0.927. The zero-order chi connectivity index (χ0) is 20.3. The minimum absolute atomic E-state index is 0.0834. The van der Waals surface area contributed by atoms with Gasteiger partial charge in [0.15, 0.2) is 0 Å². The number of nitrogens with zero attached hydrogens (tertiary/aromatic N) is 1. The second-order valence-corrected chi connectivity index (χ2v) is 7.74. The fraction of sp³-hybridized carbons (Fsp3) is 0.550. The molecule has 2 N–H and O–H groups in total. The molecule has 1 aliphatic heterocycles. The Kier molecular flexibility index (Phi) is 5.96. The average molecular weight is 394 g/mol. The van der Waals surface area contributed by atoms with Gasteiger partial charge in [0.1, 0.15) is 11.6 Å². The summed E-state index contributed by atoms with van der Waals surface area (Å²) in [5.41, 5.74) is -0.858. The Hall–Kier alpha value is -2.51. The van der Waals surface area contributed by atoms with Crippen molar-refractivity contribution in [2.45, 2.75) is 50.5 Å². The van der Waals surface area contributed by atoms with Crippen molar-refractivity contribution in [1.29, 1.82) is 0 Å². The molecule has 0 radical (unpaired) electrons. The molecule has 1 aromatic carbocycles. The third-order valence-corrected chi connectivity index (χ3v) is 5.75. The molecule has 2 amide bonds. The maximum Gasteiger partial charge on any atom is 0.305 e. The molecule has 0 atom stereocenters. The van der Waals surface area contributed by atoms with Crippen LogP contribution in [0.3, 0.4) is 0 Å². The van der Waals surface area contributed by atoms with Crippen molar-refractivity contribution < 1.29 is 28.3 Å². The lowest BCUT2D eigenvalue weighted by molar-refractivity contribution is -0.139. The molecule has 2 aliphatic rings. The fourth-order valence-corrected chi connectivity index (χ4v) is 4.23. The van der Waals surface area contributed by atoms with Gasteiger partial charge < -0.3 is 15.3 Å². The summed E-state index contributed by atoms with van der Waals surface area (Å²) >= 11 is 0. The summed E-state index contributed by atoms with van der Waals surface area (Å²) in [7, 11) is 0. The normalized spacial score (nSPS) is 19.4. The number of likely N-dealkylation sites (tertiary alicyclic amines) is 1. The van der Waals surface area contributed by atoms with Crippen molar-refractivity contribution in [2.24, 2.45) is 5.92 Å². The maximum absolute atomic E-state index is 13.8. The van der Waals surface area contributed by atoms with Crippen molar-refractivity contribution in [2.75, 3.05) is 13.1 Å². The number of carbonyl (C=O) groups is 3. The third-order valence-electron chi connectivity index (χ3n) is 5.75. The van der Waals surface area contributed by atoms with E-state index in [9.17, 15) is 23.2 Å². The van der Waals surface area contributed by atoms with Crippen LogP contribution < -0.4 is 5.32 Å². The predicted octanol–water partition coefficient (Wildman–Crippen LogP) is 2.72. The number of hydrogen-bond acceptors (Lipinski definition) is 3. The van der Waals surface area contributed by atoms with Gasteiger partial charge in [0, 0.05) is 25.1 Å². The lowest BCUT2D eigenvalue weighted by Crippen LogP contribution is -2.51. The Morgan fingerprint density at radius 1 is 1.14 bits per heavy atom. The van der Waals surface area contributed by atoms with Gasteiger partial charge in [-0.3, -0.25) is 14.4 Å². The Balaban J connectivity index is 1.58. The highest BCUT2D eigenvalue weighted by Gasteiger charge is 2.39. The number of carboxylic acids is 1. The third kappa shape index (κ3) is 4.48. The van der Waals surface area contributed by atoms with Crippen molar-refractivity contribution in [3.05, 3.63) is 35.4 Å². The highest BCUT2D eigenvalue weighted by molar-refractivity contribution is 5.94. The number of halogens is 2. The molecule has 1 aromatic rings. The maximum atomic E-state index is 13.8.